The Labute approximate surface area is 162 Å². The van der Waals surface area contributed by atoms with Gasteiger partial charge in [0.25, 0.3) is 5.91 Å². The summed E-state index contributed by atoms with van der Waals surface area (Å²) in [6.45, 7) is 3.72. The Balaban J connectivity index is 1.58. The van der Waals surface area contributed by atoms with Crippen molar-refractivity contribution in [1.29, 1.82) is 0 Å². The minimum atomic E-state index is -0.479. The lowest BCUT2D eigenvalue weighted by atomic mass is 10.1. The van der Waals surface area contributed by atoms with Crippen LogP contribution >= 0.6 is 11.6 Å². The molecule has 2 aromatic rings. The summed E-state index contributed by atoms with van der Waals surface area (Å²) in [7, 11) is 0. The summed E-state index contributed by atoms with van der Waals surface area (Å²) in [6.07, 6.45) is 3.36. The fourth-order valence-electron chi connectivity index (χ4n) is 3.01. The molecule has 2 amide bonds. The van der Waals surface area contributed by atoms with Crippen molar-refractivity contribution in [2.45, 2.75) is 6.92 Å². The van der Waals surface area contributed by atoms with E-state index in [1.54, 1.807) is 22.0 Å². The van der Waals surface area contributed by atoms with E-state index in [1.807, 2.05) is 31.2 Å². The molecule has 0 spiro atoms. The smallest absolute Gasteiger partial charge is 0.255 e. The summed E-state index contributed by atoms with van der Waals surface area (Å²) < 4.78 is 13.2. The fraction of sp³-hybridized carbons (Fsp3) is 0.238. The van der Waals surface area contributed by atoms with E-state index in [0.717, 1.165) is 17.2 Å². The lowest BCUT2D eigenvalue weighted by Crippen LogP contribution is -2.50. The minimum Gasteiger partial charge on any atom is -0.336 e. The van der Waals surface area contributed by atoms with Crippen LogP contribution in [0.5, 0.6) is 0 Å². The van der Waals surface area contributed by atoms with Crippen molar-refractivity contribution in [3.63, 3.8) is 0 Å². The van der Waals surface area contributed by atoms with E-state index in [0.29, 0.717) is 26.2 Å². The molecule has 0 N–H and O–H groups in total. The standard InChI is InChI=1S/C21H20ClFN2O2/c1-15-3-2-4-16(13-15)5-8-20(26)24-9-11-25(12-10-24)21(27)18-7-6-17(23)14-19(18)22/h2-8,13-14H,9-12H2,1H3/b8-5+. The molecule has 0 bridgehead atoms. The van der Waals surface area contributed by atoms with Crippen LogP contribution in [0.4, 0.5) is 4.39 Å². The van der Waals surface area contributed by atoms with Crippen LogP contribution in [0.15, 0.2) is 48.5 Å². The second kappa shape index (κ2) is 8.35. The van der Waals surface area contributed by atoms with Gasteiger partial charge in [-0.1, -0.05) is 41.4 Å². The van der Waals surface area contributed by atoms with Gasteiger partial charge in [0.15, 0.2) is 0 Å². The Morgan fingerprint density at radius 2 is 1.74 bits per heavy atom. The second-order valence-corrected chi connectivity index (χ2v) is 6.90. The van der Waals surface area contributed by atoms with Crippen molar-refractivity contribution in [3.8, 4) is 0 Å². The molecule has 0 unspecified atom stereocenters. The number of amides is 2. The van der Waals surface area contributed by atoms with E-state index in [4.69, 9.17) is 11.6 Å². The van der Waals surface area contributed by atoms with E-state index in [-0.39, 0.29) is 22.4 Å². The maximum absolute atomic E-state index is 13.2. The van der Waals surface area contributed by atoms with E-state index < -0.39 is 5.82 Å². The van der Waals surface area contributed by atoms with Crippen LogP contribution in [-0.4, -0.2) is 47.8 Å². The zero-order valence-corrected chi connectivity index (χ0v) is 15.7. The number of carbonyl (C=O) groups excluding carboxylic acids is 2. The highest BCUT2D eigenvalue weighted by Crippen LogP contribution is 2.20. The number of carbonyl (C=O) groups is 2. The van der Waals surface area contributed by atoms with Crippen molar-refractivity contribution >= 4 is 29.5 Å². The van der Waals surface area contributed by atoms with Gasteiger partial charge >= 0.3 is 0 Å². The maximum Gasteiger partial charge on any atom is 0.255 e. The van der Waals surface area contributed by atoms with Gasteiger partial charge in [-0.25, -0.2) is 4.39 Å². The molecular formula is C21H20ClFN2O2. The lowest BCUT2D eigenvalue weighted by molar-refractivity contribution is -0.127. The molecule has 0 radical (unpaired) electrons. The first-order valence-corrected chi connectivity index (χ1v) is 9.10. The van der Waals surface area contributed by atoms with Gasteiger partial charge in [-0.05, 0) is 36.8 Å². The molecule has 1 saturated heterocycles. The Morgan fingerprint density at radius 3 is 2.41 bits per heavy atom. The summed E-state index contributed by atoms with van der Waals surface area (Å²) in [5.41, 5.74) is 2.39. The minimum absolute atomic E-state index is 0.0802. The van der Waals surface area contributed by atoms with Crippen molar-refractivity contribution < 1.29 is 14.0 Å². The third-order valence-corrected chi connectivity index (χ3v) is 4.81. The fourth-order valence-corrected chi connectivity index (χ4v) is 3.26. The van der Waals surface area contributed by atoms with Gasteiger partial charge in [0, 0.05) is 32.3 Å². The number of benzene rings is 2. The molecular weight excluding hydrogens is 367 g/mol. The highest BCUT2D eigenvalue weighted by molar-refractivity contribution is 6.33. The Hall–Kier alpha value is -2.66. The van der Waals surface area contributed by atoms with Crippen LogP contribution in [0.2, 0.25) is 5.02 Å². The summed E-state index contributed by atoms with van der Waals surface area (Å²) in [4.78, 5) is 28.3. The van der Waals surface area contributed by atoms with Gasteiger partial charge in [0.2, 0.25) is 5.91 Å². The number of piperazine rings is 1. The third-order valence-electron chi connectivity index (χ3n) is 4.50. The molecule has 0 saturated carbocycles. The average Bonchev–Trinajstić information content (AvgIpc) is 2.66. The zero-order chi connectivity index (χ0) is 19.4. The van der Waals surface area contributed by atoms with Gasteiger partial charge in [0.05, 0.1) is 10.6 Å². The molecule has 1 aliphatic heterocycles. The molecule has 0 atom stereocenters. The number of nitrogens with zero attached hydrogens (tertiary/aromatic N) is 2. The zero-order valence-electron chi connectivity index (χ0n) is 15.0. The molecule has 140 valence electrons. The predicted octanol–water partition coefficient (Wildman–Crippen LogP) is 3.79. The van der Waals surface area contributed by atoms with E-state index in [9.17, 15) is 14.0 Å². The molecule has 4 nitrogen and oxygen atoms in total. The normalized spacial score (nSPS) is 14.6. The molecule has 2 aromatic carbocycles. The van der Waals surface area contributed by atoms with Gasteiger partial charge in [-0.2, -0.15) is 0 Å². The summed E-state index contributed by atoms with van der Waals surface area (Å²) in [5, 5.41) is 0.0968. The molecule has 1 heterocycles. The first-order valence-electron chi connectivity index (χ1n) is 8.72. The van der Waals surface area contributed by atoms with Crippen LogP contribution in [-0.2, 0) is 4.79 Å². The van der Waals surface area contributed by atoms with E-state index in [1.165, 1.54) is 12.1 Å². The summed E-state index contributed by atoms with van der Waals surface area (Å²) in [5.74, 6) is -0.807. The van der Waals surface area contributed by atoms with Gasteiger partial charge < -0.3 is 9.80 Å². The monoisotopic (exact) mass is 386 g/mol. The quantitative estimate of drug-likeness (QED) is 0.753. The van der Waals surface area contributed by atoms with Crippen LogP contribution in [0.25, 0.3) is 6.08 Å². The number of rotatable bonds is 3. The first-order chi connectivity index (χ1) is 12.9. The van der Waals surface area contributed by atoms with Crippen LogP contribution in [0, 0.1) is 12.7 Å². The number of halogens is 2. The van der Waals surface area contributed by atoms with Crippen molar-refractivity contribution in [2.75, 3.05) is 26.2 Å². The predicted molar refractivity (Wildman–Crippen MR) is 104 cm³/mol. The van der Waals surface area contributed by atoms with E-state index >= 15 is 0 Å². The molecule has 6 heteroatoms. The molecule has 3 rings (SSSR count). The molecule has 27 heavy (non-hydrogen) atoms. The van der Waals surface area contributed by atoms with Crippen LogP contribution in [0.3, 0.4) is 0 Å². The highest BCUT2D eigenvalue weighted by Gasteiger charge is 2.25. The number of aryl methyl sites for hydroxylation is 1. The van der Waals surface area contributed by atoms with Gasteiger partial charge in [0.1, 0.15) is 5.82 Å². The van der Waals surface area contributed by atoms with Gasteiger partial charge in [-0.3, -0.25) is 9.59 Å². The molecule has 1 fully saturated rings. The number of hydrogen-bond acceptors (Lipinski definition) is 2. The van der Waals surface area contributed by atoms with Gasteiger partial charge in [-0.15, -0.1) is 0 Å². The summed E-state index contributed by atoms with van der Waals surface area (Å²) >= 11 is 5.97. The van der Waals surface area contributed by atoms with Crippen molar-refractivity contribution in [1.82, 2.24) is 9.80 Å². The second-order valence-electron chi connectivity index (χ2n) is 6.49. The number of hydrogen-bond donors (Lipinski definition) is 0. The van der Waals surface area contributed by atoms with E-state index in [2.05, 4.69) is 0 Å². The lowest BCUT2D eigenvalue weighted by Gasteiger charge is -2.34. The van der Waals surface area contributed by atoms with Crippen molar-refractivity contribution in [3.05, 3.63) is 76.1 Å². The Kier molecular flexibility index (Phi) is 5.91. The molecule has 0 aliphatic carbocycles. The largest absolute Gasteiger partial charge is 0.336 e. The average molecular weight is 387 g/mol. The van der Waals surface area contributed by atoms with Crippen LogP contribution in [0.1, 0.15) is 21.5 Å². The van der Waals surface area contributed by atoms with Crippen LogP contribution < -0.4 is 0 Å². The SMILES string of the molecule is Cc1cccc(/C=C/C(=O)N2CCN(C(=O)c3ccc(F)cc3Cl)CC2)c1. The highest BCUT2D eigenvalue weighted by atomic mass is 35.5. The van der Waals surface area contributed by atoms with Crippen molar-refractivity contribution in [2.24, 2.45) is 0 Å². The Morgan fingerprint density at radius 1 is 1.04 bits per heavy atom. The molecule has 1 aliphatic rings. The maximum atomic E-state index is 13.2. The molecule has 0 aromatic heterocycles. The summed E-state index contributed by atoms with van der Waals surface area (Å²) in [6, 6.07) is 11.6. The topological polar surface area (TPSA) is 40.6 Å². The third kappa shape index (κ3) is 4.74. The first kappa shape index (κ1) is 19.1. The Bertz CT molecular complexity index is 890.